The first-order chi connectivity index (χ1) is 14.4. The van der Waals surface area contributed by atoms with Crippen LogP contribution in [0.3, 0.4) is 0 Å². The summed E-state index contributed by atoms with van der Waals surface area (Å²) in [5.74, 6) is -4.33. The monoisotopic (exact) mass is 468 g/mol. The second kappa shape index (κ2) is 8.80. The molecule has 1 aromatic carbocycles. The highest BCUT2D eigenvalue weighted by atomic mass is 35.5. The molecule has 5 nitrogen and oxygen atoms in total. The zero-order chi connectivity index (χ0) is 23.0. The van der Waals surface area contributed by atoms with Crippen molar-refractivity contribution in [3.8, 4) is 0 Å². The maximum atomic E-state index is 13.8. The van der Waals surface area contributed by atoms with Crippen molar-refractivity contribution >= 4 is 29.2 Å². The molecule has 11 heteroatoms. The van der Waals surface area contributed by atoms with Crippen LogP contribution in [0.25, 0.3) is 0 Å². The van der Waals surface area contributed by atoms with Crippen LogP contribution < -0.4 is 10.2 Å². The van der Waals surface area contributed by atoms with Gasteiger partial charge in [-0.25, -0.2) is 8.78 Å². The van der Waals surface area contributed by atoms with Gasteiger partial charge in [0.1, 0.15) is 0 Å². The molecule has 31 heavy (non-hydrogen) atoms. The molecule has 2 fully saturated rings. The highest BCUT2D eigenvalue weighted by molar-refractivity contribution is 6.32. The van der Waals surface area contributed by atoms with E-state index in [0.717, 1.165) is 12.1 Å². The lowest BCUT2D eigenvalue weighted by atomic mass is 9.80. The Labute approximate surface area is 180 Å². The fourth-order valence-electron chi connectivity index (χ4n) is 3.89. The van der Waals surface area contributed by atoms with Gasteiger partial charge in [0.15, 0.2) is 0 Å². The molecule has 0 atom stereocenters. The van der Waals surface area contributed by atoms with E-state index in [-0.39, 0.29) is 49.1 Å². The van der Waals surface area contributed by atoms with Crippen LogP contribution in [0.5, 0.6) is 0 Å². The summed E-state index contributed by atoms with van der Waals surface area (Å²) in [6.45, 7) is -0.108. The minimum absolute atomic E-state index is 0.0709. The fourth-order valence-corrected chi connectivity index (χ4v) is 4.16. The van der Waals surface area contributed by atoms with Crippen molar-refractivity contribution in [2.45, 2.75) is 50.2 Å². The van der Waals surface area contributed by atoms with Crippen molar-refractivity contribution in [1.82, 2.24) is 5.32 Å². The summed E-state index contributed by atoms with van der Waals surface area (Å²) in [6.07, 6.45) is -4.90. The predicted molar refractivity (Wildman–Crippen MR) is 103 cm³/mol. The number of nitrogens with zero attached hydrogens (tertiary/aromatic N) is 1. The van der Waals surface area contributed by atoms with Gasteiger partial charge < -0.3 is 15.0 Å². The van der Waals surface area contributed by atoms with Gasteiger partial charge >= 0.3 is 12.1 Å². The van der Waals surface area contributed by atoms with Gasteiger partial charge in [-0.05, 0) is 31.4 Å². The molecule has 1 heterocycles. The van der Waals surface area contributed by atoms with E-state index in [4.69, 9.17) is 11.6 Å². The van der Waals surface area contributed by atoms with Crippen molar-refractivity contribution in [3.63, 3.8) is 0 Å². The number of esters is 1. The normalized spacial score (nSPS) is 23.5. The molecule has 0 unspecified atom stereocenters. The molecule has 1 aliphatic carbocycles. The summed E-state index contributed by atoms with van der Waals surface area (Å²) in [5, 5.41) is 2.03. The Bertz CT molecular complexity index is 856. The number of rotatable bonds is 4. The molecule has 1 aromatic rings. The van der Waals surface area contributed by atoms with Crippen LogP contribution in [0.15, 0.2) is 12.1 Å². The molecule has 2 aliphatic rings. The number of hydrogen-bond acceptors (Lipinski definition) is 4. The topological polar surface area (TPSA) is 58.6 Å². The summed E-state index contributed by atoms with van der Waals surface area (Å²) in [6, 6.07) is 1.33. The van der Waals surface area contributed by atoms with Crippen LogP contribution in [0.1, 0.15) is 48.0 Å². The number of hydrogen-bond donors (Lipinski definition) is 1. The number of anilines is 1. The van der Waals surface area contributed by atoms with E-state index >= 15 is 0 Å². The van der Waals surface area contributed by atoms with E-state index in [0.29, 0.717) is 12.8 Å². The number of carbonyl (C=O) groups is 2. The molecule has 1 saturated carbocycles. The van der Waals surface area contributed by atoms with Crippen molar-refractivity contribution in [2.75, 3.05) is 25.1 Å². The van der Waals surface area contributed by atoms with Gasteiger partial charge in [0.25, 0.3) is 5.91 Å². The quantitative estimate of drug-likeness (QED) is 0.515. The Morgan fingerprint density at radius 3 is 2.48 bits per heavy atom. The number of alkyl halides is 5. The maximum Gasteiger partial charge on any atom is 0.417 e. The highest BCUT2D eigenvalue weighted by Crippen LogP contribution is 2.40. The van der Waals surface area contributed by atoms with Crippen LogP contribution >= 0.6 is 11.6 Å². The predicted octanol–water partition coefficient (Wildman–Crippen LogP) is 4.67. The smallest absolute Gasteiger partial charge is 0.417 e. The third kappa shape index (κ3) is 5.39. The molecule has 0 spiro atoms. The largest absolute Gasteiger partial charge is 0.469 e. The third-order valence-electron chi connectivity index (χ3n) is 5.70. The second-order valence-corrected chi connectivity index (χ2v) is 8.31. The molecule has 0 radical (unpaired) electrons. The Hall–Kier alpha value is -2.10. The van der Waals surface area contributed by atoms with Crippen LogP contribution in [-0.2, 0) is 15.7 Å². The van der Waals surface area contributed by atoms with Gasteiger partial charge in [0.05, 0.1) is 34.9 Å². The zero-order valence-electron chi connectivity index (χ0n) is 16.7. The Morgan fingerprint density at radius 2 is 1.87 bits per heavy atom. The molecule has 3 rings (SSSR count). The van der Waals surface area contributed by atoms with Crippen LogP contribution in [0, 0.1) is 5.92 Å². The molecular weight excluding hydrogens is 447 g/mol. The highest BCUT2D eigenvalue weighted by Gasteiger charge is 2.39. The molecular formula is C20H22ClF5N2O3. The second-order valence-electron chi connectivity index (χ2n) is 7.91. The van der Waals surface area contributed by atoms with Gasteiger partial charge in [0.2, 0.25) is 5.92 Å². The Kier molecular flexibility index (Phi) is 6.69. The first-order valence-electron chi connectivity index (χ1n) is 9.83. The average Bonchev–Trinajstić information content (AvgIpc) is 2.82. The lowest BCUT2D eigenvalue weighted by molar-refractivity contribution is -0.149. The van der Waals surface area contributed by atoms with E-state index in [1.165, 1.54) is 12.0 Å². The standard InChI is InChI=1S/C20H22ClF5N2O3/c1-31-18(30)11-7-12(8-11)27-17(29)13-9-15(21)14(20(24,25)26)10-16(13)28-5-2-3-19(22,23)4-6-28/h9-12H,2-8H2,1H3,(H,27,29). The minimum Gasteiger partial charge on any atom is -0.469 e. The van der Waals surface area contributed by atoms with E-state index in [2.05, 4.69) is 10.1 Å². The van der Waals surface area contributed by atoms with Gasteiger partial charge in [-0.15, -0.1) is 0 Å². The first kappa shape index (κ1) is 23.6. The minimum atomic E-state index is -4.77. The van der Waals surface area contributed by atoms with E-state index in [9.17, 15) is 31.5 Å². The van der Waals surface area contributed by atoms with Gasteiger partial charge in [-0.3, -0.25) is 9.59 Å². The van der Waals surface area contributed by atoms with Gasteiger partial charge in [-0.1, -0.05) is 11.6 Å². The van der Waals surface area contributed by atoms with Crippen LogP contribution in [0.2, 0.25) is 5.02 Å². The summed E-state index contributed by atoms with van der Waals surface area (Å²) < 4.78 is 72.3. The first-order valence-corrected chi connectivity index (χ1v) is 10.2. The zero-order valence-corrected chi connectivity index (χ0v) is 17.5. The lowest BCUT2D eigenvalue weighted by Gasteiger charge is -2.34. The van der Waals surface area contributed by atoms with Crippen molar-refractivity contribution in [2.24, 2.45) is 5.92 Å². The number of carbonyl (C=O) groups excluding carboxylic acids is 2. The Balaban J connectivity index is 1.87. The fraction of sp³-hybridized carbons (Fsp3) is 0.600. The molecule has 1 saturated heterocycles. The molecule has 1 aliphatic heterocycles. The number of methoxy groups -OCH3 is 1. The number of benzene rings is 1. The molecule has 172 valence electrons. The molecule has 1 N–H and O–H groups in total. The van der Waals surface area contributed by atoms with Crippen molar-refractivity contribution in [3.05, 3.63) is 28.3 Å². The van der Waals surface area contributed by atoms with Crippen molar-refractivity contribution in [1.29, 1.82) is 0 Å². The number of nitrogens with one attached hydrogen (secondary N) is 1. The Morgan fingerprint density at radius 1 is 1.19 bits per heavy atom. The number of halogens is 6. The summed E-state index contributed by atoms with van der Waals surface area (Å²) in [7, 11) is 1.26. The SMILES string of the molecule is COC(=O)C1CC(NC(=O)c2cc(Cl)c(C(F)(F)F)cc2N2CCCC(F)(F)CC2)C1. The van der Waals surface area contributed by atoms with Gasteiger partial charge in [-0.2, -0.15) is 13.2 Å². The molecule has 0 bridgehead atoms. The lowest BCUT2D eigenvalue weighted by Crippen LogP contribution is -2.47. The average molecular weight is 469 g/mol. The number of amides is 1. The number of ether oxygens (including phenoxy) is 1. The third-order valence-corrected chi connectivity index (χ3v) is 6.01. The van der Waals surface area contributed by atoms with E-state index in [1.54, 1.807) is 0 Å². The van der Waals surface area contributed by atoms with Gasteiger partial charge in [0, 0.05) is 32.0 Å². The van der Waals surface area contributed by atoms with Crippen molar-refractivity contribution < 1.29 is 36.3 Å². The maximum absolute atomic E-state index is 13.8. The summed E-state index contributed by atoms with van der Waals surface area (Å²) in [5.41, 5.74) is -1.34. The molecule has 0 aromatic heterocycles. The summed E-state index contributed by atoms with van der Waals surface area (Å²) in [4.78, 5) is 25.7. The molecule has 1 amide bonds. The van der Waals surface area contributed by atoms with E-state index in [1.807, 2.05) is 0 Å². The summed E-state index contributed by atoms with van der Waals surface area (Å²) >= 11 is 5.81. The van der Waals surface area contributed by atoms with E-state index < -0.39 is 41.0 Å². The van der Waals surface area contributed by atoms with Crippen LogP contribution in [-0.4, -0.2) is 44.0 Å². The van der Waals surface area contributed by atoms with Crippen LogP contribution in [0.4, 0.5) is 27.6 Å².